The van der Waals surface area contributed by atoms with E-state index < -0.39 is 0 Å². The molecule has 1 aromatic heterocycles. The van der Waals surface area contributed by atoms with Gasteiger partial charge in [0.05, 0.1) is 6.07 Å². The zero-order valence-corrected chi connectivity index (χ0v) is 10.3. The van der Waals surface area contributed by atoms with E-state index in [0.29, 0.717) is 12.5 Å². The van der Waals surface area contributed by atoms with Crippen LogP contribution in [0.1, 0.15) is 51.8 Å². The van der Waals surface area contributed by atoms with Gasteiger partial charge in [0.1, 0.15) is 6.54 Å². The summed E-state index contributed by atoms with van der Waals surface area (Å²) in [5, 5.41) is 8.77. The molecule has 0 amide bonds. The monoisotopic (exact) mass is 204 g/mol. The summed E-state index contributed by atoms with van der Waals surface area (Å²) >= 11 is 0. The Kier molecular flexibility index (Phi) is 3.24. The molecule has 2 heteroatoms. The summed E-state index contributed by atoms with van der Waals surface area (Å²) in [7, 11) is 0. The lowest BCUT2D eigenvalue weighted by molar-refractivity contribution is 0.588. The second-order valence-electron chi connectivity index (χ2n) is 5.34. The molecule has 0 unspecified atom stereocenters. The van der Waals surface area contributed by atoms with Crippen LogP contribution in [0.5, 0.6) is 0 Å². The standard InChI is InChI=1S/C13H20N2/c1-10(2)12-8-11(13(3,4)5)9-15(12)7-6-14/h8-10H,7H2,1-5H3. The molecule has 0 N–H and O–H groups in total. The number of rotatable bonds is 2. The second kappa shape index (κ2) is 4.10. The SMILES string of the molecule is CC(C)c1cc(C(C)(C)C)cn1CC#N. The zero-order valence-electron chi connectivity index (χ0n) is 10.3. The molecule has 0 spiro atoms. The van der Waals surface area contributed by atoms with Crippen LogP contribution < -0.4 is 0 Å². The van der Waals surface area contributed by atoms with Crippen LogP contribution in [0, 0.1) is 11.3 Å². The quantitative estimate of drug-likeness (QED) is 0.725. The lowest BCUT2D eigenvalue weighted by atomic mass is 9.89. The molecule has 0 bridgehead atoms. The van der Waals surface area contributed by atoms with E-state index in [-0.39, 0.29) is 5.41 Å². The van der Waals surface area contributed by atoms with Crippen molar-refractivity contribution >= 4 is 0 Å². The first kappa shape index (κ1) is 11.8. The first-order valence-electron chi connectivity index (χ1n) is 5.43. The number of hydrogen-bond donors (Lipinski definition) is 0. The normalized spacial score (nSPS) is 11.8. The molecule has 82 valence electrons. The van der Waals surface area contributed by atoms with Crippen molar-refractivity contribution in [2.75, 3.05) is 0 Å². The van der Waals surface area contributed by atoms with Gasteiger partial charge in [0.2, 0.25) is 0 Å². The Balaban J connectivity index is 3.16. The zero-order chi connectivity index (χ0) is 11.6. The fraction of sp³-hybridized carbons (Fsp3) is 0.615. The van der Waals surface area contributed by atoms with E-state index in [1.807, 2.05) is 0 Å². The van der Waals surface area contributed by atoms with Crippen LogP contribution in [0.3, 0.4) is 0 Å². The Bertz CT molecular complexity index is 372. The summed E-state index contributed by atoms with van der Waals surface area (Å²) in [5.74, 6) is 0.467. The molecule has 0 atom stereocenters. The molecular weight excluding hydrogens is 184 g/mol. The van der Waals surface area contributed by atoms with Crippen molar-refractivity contribution < 1.29 is 0 Å². The third kappa shape index (κ3) is 2.62. The van der Waals surface area contributed by atoms with E-state index in [1.165, 1.54) is 11.3 Å². The smallest absolute Gasteiger partial charge is 0.109 e. The summed E-state index contributed by atoms with van der Waals surface area (Å²) in [6, 6.07) is 4.43. The van der Waals surface area contributed by atoms with E-state index >= 15 is 0 Å². The molecule has 0 fully saturated rings. The molecule has 2 nitrogen and oxygen atoms in total. The molecular formula is C13H20N2. The first-order chi connectivity index (χ1) is 6.86. The molecule has 0 aliphatic heterocycles. The predicted molar refractivity (Wildman–Crippen MR) is 62.8 cm³/mol. The Labute approximate surface area is 92.5 Å². The number of hydrogen-bond acceptors (Lipinski definition) is 1. The van der Waals surface area contributed by atoms with E-state index in [0.717, 1.165) is 0 Å². The fourth-order valence-electron chi connectivity index (χ4n) is 1.64. The largest absolute Gasteiger partial charge is 0.337 e. The fourth-order valence-corrected chi connectivity index (χ4v) is 1.64. The number of aromatic nitrogens is 1. The van der Waals surface area contributed by atoms with Crippen LogP contribution in [0.2, 0.25) is 0 Å². The molecule has 0 aliphatic rings. The van der Waals surface area contributed by atoms with Gasteiger partial charge >= 0.3 is 0 Å². The van der Waals surface area contributed by atoms with Crippen molar-refractivity contribution in [2.45, 2.75) is 52.5 Å². The summed E-state index contributed by atoms with van der Waals surface area (Å²) in [6.45, 7) is 11.4. The average molecular weight is 204 g/mol. The van der Waals surface area contributed by atoms with Crippen LogP contribution in [-0.2, 0) is 12.0 Å². The highest BCUT2D eigenvalue weighted by Crippen LogP contribution is 2.27. The van der Waals surface area contributed by atoms with Crippen molar-refractivity contribution in [1.29, 1.82) is 5.26 Å². The van der Waals surface area contributed by atoms with Crippen LogP contribution in [-0.4, -0.2) is 4.57 Å². The molecule has 1 heterocycles. The van der Waals surface area contributed by atoms with E-state index in [9.17, 15) is 0 Å². The Morgan fingerprint density at radius 3 is 2.40 bits per heavy atom. The van der Waals surface area contributed by atoms with Gasteiger partial charge in [-0.15, -0.1) is 0 Å². The minimum atomic E-state index is 0.157. The molecule has 1 rings (SSSR count). The van der Waals surface area contributed by atoms with E-state index in [4.69, 9.17) is 5.26 Å². The number of nitriles is 1. The summed E-state index contributed by atoms with van der Waals surface area (Å²) < 4.78 is 2.06. The molecule has 0 aliphatic carbocycles. The highest BCUT2D eigenvalue weighted by molar-refractivity contribution is 5.27. The summed E-state index contributed by atoms with van der Waals surface area (Å²) in [4.78, 5) is 0. The highest BCUT2D eigenvalue weighted by Gasteiger charge is 2.18. The maximum atomic E-state index is 8.77. The van der Waals surface area contributed by atoms with Crippen molar-refractivity contribution in [2.24, 2.45) is 0 Å². The Morgan fingerprint density at radius 2 is 2.00 bits per heavy atom. The van der Waals surface area contributed by atoms with Crippen molar-refractivity contribution in [3.05, 3.63) is 23.5 Å². The Morgan fingerprint density at radius 1 is 1.40 bits per heavy atom. The third-order valence-corrected chi connectivity index (χ3v) is 2.63. The van der Waals surface area contributed by atoms with Gasteiger partial charge in [-0.3, -0.25) is 0 Å². The van der Waals surface area contributed by atoms with Gasteiger partial charge in [-0.2, -0.15) is 5.26 Å². The minimum Gasteiger partial charge on any atom is -0.337 e. The Hall–Kier alpha value is -1.23. The molecule has 0 saturated carbocycles. The van der Waals surface area contributed by atoms with Gasteiger partial charge in [-0.25, -0.2) is 0 Å². The van der Waals surface area contributed by atoms with Gasteiger partial charge < -0.3 is 4.57 Å². The highest BCUT2D eigenvalue weighted by atomic mass is 15.0. The average Bonchev–Trinajstić information content (AvgIpc) is 2.48. The van der Waals surface area contributed by atoms with Gasteiger partial charge in [0.15, 0.2) is 0 Å². The summed E-state index contributed by atoms with van der Waals surface area (Å²) in [5.41, 5.74) is 2.72. The number of nitrogens with zero attached hydrogens (tertiary/aromatic N) is 2. The van der Waals surface area contributed by atoms with Gasteiger partial charge in [-0.1, -0.05) is 34.6 Å². The van der Waals surface area contributed by atoms with Crippen molar-refractivity contribution in [3.63, 3.8) is 0 Å². The molecule has 0 aromatic carbocycles. The van der Waals surface area contributed by atoms with E-state index in [1.54, 1.807) is 0 Å². The van der Waals surface area contributed by atoms with E-state index in [2.05, 4.69) is 57.5 Å². The van der Waals surface area contributed by atoms with Gasteiger partial charge in [-0.05, 0) is 23.0 Å². The van der Waals surface area contributed by atoms with Crippen LogP contribution in [0.4, 0.5) is 0 Å². The second-order valence-corrected chi connectivity index (χ2v) is 5.34. The lowest BCUT2D eigenvalue weighted by Crippen LogP contribution is -2.09. The van der Waals surface area contributed by atoms with Crippen molar-refractivity contribution in [1.82, 2.24) is 4.57 Å². The van der Waals surface area contributed by atoms with Crippen LogP contribution in [0.25, 0.3) is 0 Å². The van der Waals surface area contributed by atoms with Gasteiger partial charge in [0, 0.05) is 11.9 Å². The minimum absolute atomic E-state index is 0.157. The third-order valence-electron chi connectivity index (χ3n) is 2.63. The molecule has 1 aromatic rings. The first-order valence-corrected chi connectivity index (χ1v) is 5.43. The van der Waals surface area contributed by atoms with Crippen molar-refractivity contribution in [3.8, 4) is 6.07 Å². The van der Waals surface area contributed by atoms with Crippen LogP contribution in [0.15, 0.2) is 12.3 Å². The molecule has 0 saturated heterocycles. The van der Waals surface area contributed by atoms with Gasteiger partial charge in [0.25, 0.3) is 0 Å². The topological polar surface area (TPSA) is 28.7 Å². The summed E-state index contributed by atoms with van der Waals surface area (Å²) in [6.07, 6.45) is 2.11. The molecule has 0 radical (unpaired) electrons. The molecule has 15 heavy (non-hydrogen) atoms. The predicted octanol–water partition coefficient (Wildman–Crippen LogP) is 3.43. The lowest BCUT2D eigenvalue weighted by Gasteiger charge is -2.15. The maximum absolute atomic E-state index is 8.77. The maximum Gasteiger partial charge on any atom is 0.109 e. The van der Waals surface area contributed by atoms with Crippen LogP contribution >= 0.6 is 0 Å².